The fourth-order valence-corrected chi connectivity index (χ4v) is 4.90. The highest BCUT2D eigenvalue weighted by Gasteiger charge is 2.52. The van der Waals surface area contributed by atoms with Crippen LogP contribution >= 0.6 is 0 Å². The second kappa shape index (κ2) is 7.13. The summed E-state index contributed by atoms with van der Waals surface area (Å²) >= 11 is 0. The van der Waals surface area contributed by atoms with E-state index in [2.05, 4.69) is 23.7 Å². The summed E-state index contributed by atoms with van der Waals surface area (Å²) in [5.74, 6) is -0.300. The van der Waals surface area contributed by atoms with Crippen LogP contribution in [0, 0.1) is 19.8 Å². The number of carbonyl (C=O) groups excluding carboxylic acids is 3. The molecule has 1 atom stereocenters. The van der Waals surface area contributed by atoms with Crippen LogP contribution in [0.1, 0.15) is 80.7 Å². The van der Waals surface area contributed by atoms with Crippen LogP contribution in [0.2, 0.25) is 0 Å². The molecule has 0 unspecified atom stereocenters. The van der Waals surface area contributed by atoms with Gasteiger partial charge in [0.2, 0.25) is 0 Å². The Labute approximate surface area is 161 Å². The topological polar surface area (TPSA) is 71.4 Å². The van der Waals surface area contributed by atoms with Crippen LogP contribution in [0.25, 0.3) is 0 Å². The number of ketones is 1. The fourth-order valence-electron chi connectivity index (χ4n) is 4.90. The molecule has 1 aliphatic carbocycles. The smallest absolute Gasteiger partial charge is 0.325 e. The number of aryl methyl sites for hydroxylation is 1. The van der Waals surface area contributed by atoms with Gasteiger partial charge < -0.3 is 9.88 Å². The lowest BCUT2D eigenvalue weighted by Gasteiger charge is -2.34. The second-order valence-electron chi connectivity index (χ2n) is 8.53. The SMILES string of the molecule is Cc1cc(C(=O)CN2C(=O)N[C@](C)(C3CCCCC3)C2=O)c(C)n1C(C)C. The van der Waals surface area contributed by atoms with Crippen molar-refractivity contribution >= 4 is 17.7 Å². The first kappa shape index (κ1) is 19.6. The van der Waals surface area contributed by atoms with Gasteiger partial charge in [0, 0.05) is 23.0 Å². The minimum Gasteiger partial charge on any atom is -0.346 e. The van der Waals surface area contributed by atoms with Gasteiger partial charge in [-0.2, -0.15) is 0 Å². The molecular formula is C21H31N3O3. The first-order valence-electron chi connectivity index (χ1n) is 10.0. The summed E-state index contributed by atoms with van der Waals surface area (Å²) in [4.78, 5) is 39.6. The molecule has 27 heavy (non-hydrogen) atoms. The van der Waals surface area contributed by atoms with E-state index in [-0.39, 0.29) is 30.2 Å². The number of hydrogen-bond acceptors (Lipinski definition) is 3. The molecule has 2 aliphatic rings. The third-order valence-corrected chi connectivity index (χ3v) is 6.33. The zero-order valence-electron chi connectivity index (χ0n) is 17.1. The molecule has 3 amide bonds. The second-order valence-corrected chi connectivity index (χ2v) is 8.53. The summed E-state index contributed by atoms with van der Waals surface area (Å²) in [7, 11) is 0. The Balaban J connectivity index is 1.79. The molecule has 1 aromatic heterocycles. The average Bonchev–Trinajstić information content (AvgIpc) is 3.04. The molecule has 6 heteroatoms. The molecule has 1 aliphatic heterocycles. The van der Waals surface area contributed by atoms with Crippen LogP contribution in [-0.4, -0.2) is 39.3 Å². The van der Waals surface area contributed by atoms with Gasteiger partial charge in [0.1, 0.15) is 5.54 Å². The van der Waals surface area contributed by atoms with E-state index < -0.39 is 11.6 Å². The van der Waals surface area contributed by atoms with E-state index in [9.17, 15) is 14.4 Å². The summed E-state index contributed by atoms with van der Waals surface area (Å²) in [6, 6.07) is 1.66. The van der Waals surface area contributed by atoms with Gasteiger partial charge in [0.15, 0.2) is 5.78 Å². The van der Waals surface area contributed by atoms with Gasteiger partial charge in [-0.3, -0.25) is 14.5 Å². The molecule has 1 saturated heterocycles. The Bertz CT molecular complexity index is 774. The summed E-state index contributed by atoms with van der Waals surface area (Å²) < 4.78 is 2.10. The molecule has 0 bridgehead atoms. The summed E-state index contributed by atoms with van der Waals surface area (Å²) in [5, 5.41) is 2.89. The van der Waals surface area contributed by atoms with E-state index in [1.165, 1.54) is 6.42 Å². The summed E-state index contributed by atoms with van der Waals surface area (Å²) in [5.41, 5.74) is 1.60. The molecule has 3 rings (SSSR count). The third kappa shape index (κ3) is 3.30. The minimum absolute atomic E-state index is 0.147. The molecule has 0 spiro atoms. The monoisotopic (exact) mass is 373 g/mol. The molecule has 1 aromatic rings. The average molecular weight is 373 g/mol. The fraction of sp³-hybridized carbons (Fsp3) is 0.667. The van der Waals surface area contributed by atoms with E-state index >= 15 is 0 Å². The predicted octanol–water partition coefficient (Wildman–Crippen LogP) is 3.76. The molecule has 148 valence electrons. The maximum Gasteiger partial charge on any atom is 0.325 e. The van der Waals surface area contributed by atoms with Gasteiger partial charge in [-0.25, -0.2) is 4.79 Å². The number of rotatable bonds is 5. The number of urea groups is 1. The highest BCUT2D eigenvalue weighted by Crippen LogP contribution is 2.36. The van der Waals surface area contributed by atoms with E-state index in [0.29, 0.717) is 5.56 Å². The maximum atomic E-state index is 13.1. The van der Waals surface area contributed by atoms with Crippen LogP contribution in [0.4, 0.5) is 4.79 Å². The molecule has 1 N–H and O–H groups in total. The lowest BCUT2D eigenvalue weighted by Crippen LogP contribution is -2.51. The van der Waals surface area contributed by atoms with Crippen LogP contribution in [-0.2, 0) is 4.79 Å². The highest BCUT2D eigenvalue weighted by molar-refractivity contribution is 6.11. The van der Waals surface area contributed by atoms with Gasteiger partial charge in [0.25, 0.3) is 5.91 Å². The number of amides is 3. The number of aromatic nitrogens is 1. The lowest BCUT2D eigenvalue weighted by molar-refractivity contribution is -0.132. The van der Waals surface area contributed by atoms with Crippen molar-refractivity contribution in [2.45, 2.75) is 78.3 Å². The molecule has 6 nitrogen and oxygen atoms in total. The van der Waals surface area contributed by atoms with Crippen molar-refractivity contribution in [1.82, 2.24) is 14.8 Å². The Morgan fingerprint density at radius 3 is 2.41 bits per heavy atom. The van der Waals surface area contributed by atoms with Gasteiger partial charge in [-0.05, 0) is 59.4 Å². The highest BCUT2D eigenvalue weighted by atomic mass is 16.2. The lowest BCUT2D eigenvalue weighted by atomic mass is 9.75. The number of hydrogen-bond donors (Lipinski definition) is 1. The number of nitrogens with one attached hydrogen (secondary N) is 1. The molecule has 0 aromatic carbocycles. The van der Waals surface area contributed by atoms with Gasteiger partial charge in [0.05, 0.1) is 6.54 Å². The van der Waals surface area contributed by atoms with Gasteiger partial charge >= 0.3 is 6.03 Å². The Morgan fingerprint density at radius 2 is 1.85 bits per heavy atom. The van der Waals surface area contributed by atoms with Crippen molar-refractivity contribution in [3.8, 4) is 0 Å². The summed E-state index contributed by atoms with van der Waals surface area (Å²) in [6.07, 6.45) is 5.25. The maximum absolute atomic E-state index is 13.1. The van der Waals surface area contributed by atoms with Crippen molar-refractivity contribution in [3.05, 3.63) is 23.0 Å². The zero-order chi connectivity index (χ0) is 19.9. The largest absolute Gasteiger partial charge is 0.346 e. The Morgan fingerprint density at radius 1 is 1.22 bits per heavy atom. The molecule has 2 heterocycles. The normalized spacial score (nSPS) is 24.0. The van der Waals surface area contributed by atoms with E-state index in [1.54, 1.807) is 0 Å². The van der Waals surface area contributed by atoms with E-state index in [4.69, 9.17) is 0 Å². The minimum atomic E-state index is -0.882. The van der Waals surface area contributed by atoms with Crippen LogP contribution in [0.15, 0.2) is 6.07 Å². The van der Waals surface area contributed by atoms with E-state index in [1.807, 2.05) is 26.8 Å². The van der Waals surface area contributed by atoms with Crippen LogP contribution in [0.3, 0.4) is 0 Å². The van der Waals surface area contributed by atoms with Crippen molar-refractivity contribution in [3.63, 3.8) is 0 Å². The van der Waals surface area contributed by atoms with Crippen molar-refractivity contribution in [1.29, 1.82) is 0 Å². The Kier molecular flexibility index (Phi) is 5.19. The van der Waals surface area contributed by atoms with Crippen molar-refractivity contribution in [2.75, 3.05) is 6.54 Å². The van der Waals surface area contributed by atoms with E-state index in [0.717, 1.165) is 42.0 Å². The van der Waals surface area contributed by atoms with Crippen molar-refractivity contribution in [2.24, 2.45) is 5.92 Å². The number of carbonyl (C=O) groups is 3. The Hall–Kier alpha value is -2.11. The zero-order valence-corrected chi connectivity index (χ0v) is 17.1. The standard InChI is InChI=1S/C21H31N3O3/c1-13(2)24-14(3)11-17(15(24)4)18(25)12-23-19(26)21(5,22-20(23)27)16-9-7-6-8-10-16/h11,13,16H,6-10,12H2,1-5H3,(H,22,27)/t21-/m1/s1. The molecule has 2 fully saturated rings. The summed E-state index contributed by atoms with van der Waals surface area (Å²) in [6.45, 7) is 9.65. The molecular weight excluding hydrogens is 342 g/mol. The molecule has 1 saturated carbocycles. The number of imide groups is 1. The first-order valence-corrected chi connectivity index (χ1v) is 10.0. The quantitative estimate of drug-likeness (QED) is 0.631. The number of Topliss-reactive ketones (excluding diaryl/α,β-unsaturated/α-hetero) is 1. The van der Waals surface area contributed by atoms with Crippen LogP contribution < -0.4 is 5.32 Å². The predicted molar refractivity (Wildman–Crippen MR) is 104 cm³/mol. The van der Waals surface area contributed by atoms with Gasteiger partial charge in [-0.1, -0.05) is 19.3 Å². The van der Waals surface area contributed by atoms with Crippen molar-refractivity contribution < 1.29 is 14.4 Å². The van der Waals surface area contributed by atoms with Crippen LogP contribution in [0.5, 0.6) is 0 Å². The van der Waals surface area contributed by atoms with Gasteiger partial charge in [-0.15, -0.1) is 0 Å². The number of nitrogens with zero attached hydrogens (tertiary/aromatic N) is 2. The third-order valence-electron chi connectivity index (χ3n) is 6.33. The molecule has 0 radical (unpaired) electrons. The first-order chi connectivity index (χ1) is 12.7.